The molecular weight excluding hydrogens is 434 g/mol. The Hall–Kier alpha value is -2.91. The molecule has 2 aromatic carbocycles. The Bertz CT molecular complexity index is 1170. The molecule has 1 N–H and O–H groups in total. The van der Waals surface area contributed by atoms with E-state index in [1.807, 2.05) is 17.0 Å². The van der Waals surface area contributed by atoms with Crippen LogP contribution in [-0.2, 0) is 34.2 Å². The first kappa shape index (κ1) is 21.3. The second kappa shape index (κ2) is 9.07. The topological polar surface area (TPSA) is 88.6 Å². The van der Waals surface area contributed by atoms with Crippen LogP contribution in [0.1, 0.15) is 23.2 Å². The second-order valence-electron chi connectivity index (χ2n) is 7.26. The van der Waals surface area contributed by atoms with E-state index >= 15 is 0 Å². The highest BCUT2D eigenvalue weighted by molar-refractivity contribution is 7.93. The lowest BCUT2D eigenvalue weighted by Crippen LogP contribution is -2.36. The van der Waals surface area contributed by atoms with E-state index in [1.54, 1.807) is 17.5 Å². The van der Waals surface area contributed by atoms with Gasteiger partial charge in [-0.15, -0.1) is 11.3 Å². The van der Waals surface area contributed by atoms with Gasteiger partial charge in [-0.3, -0.25) is 9.52 Å². The van der Waals surface area contributed by atoms with Crippen molar-refractivity contribution < 1.29 is 17.9 Å². The van der Waals surface area contributed by atoms with Crippen LogP contribution in [0.15, 0.2) is 58.8 Å². The van der Waals surface area contributed by atoms with Gasteiger partial charge in [0.15, 0.2) is 5.13 Å². The van der Waals surface area contributed by atoms with Crippen molar-refractivity contribution in [3.8, 4) is 5.75 Å². The van der Waals surface area contributed by atoms with Crippen LogP contribution in [0, 0.1) is 0 Å². The fraction of sp³-hybridized carbons (Fsp3) is 0.273. The SMILES string of the molecule is COc1ccc(S(=O)(=O)Nc2nc(CCC(=O)N3CCc4ccccc4C3)cs2)cc1. The van der Waals surface area contributed by atoms with E-state index in [9.17, 15) is 13.2 Å². The highest BCUT2D eigenvalue weighted by atomic mass is 32.2. The maximum Gasteiger partial charge on any atom is 0.263 e. The first-order valence-corrected chi connectivity index (χ1v) is 12.3. The number of rotatable bonds is 7. The number of carbonyl (C=O) groups excluding carboxylic acids is 1. The van der Waals surface area contributed by atoms with Gasteiger partial charge in [0.1, 0.15) is 5.75 Å². The summed E-state index contributed by atoms with van der Waals surface area (Å²) in [7, 11) is -2.21. The number of amides is 1. The van der Waals surface area contributed by atoms with Crippen LogP contribution in [0.3, 0.4) is 0 Å². The molecule has 31 heavy (non-hydrogen) atoms. The largest absolute Gasteiger partial charge is 0.497 e. The van der Waals surface area contributed by atoms with Crippen molar-refractivity contribution in [3.63, 3.8) is 0 Å². The minimum absolute atomic E-state index is 0.0860. The Morgan fingerprint density at radius 2 is 1.90 bits per heavy atom. The molecule has 1 amide bonds. The summed E-state index contributed by atoms with van der Waals surface area (Å²) in [4.78, 5) is 19.0. The van der Waals surface area contributed by atoms with Gasteiger partial charge in [0.2, 0.25) is 5.91 Å². The van der Waals surface area contributed by atoms with Gasteiger partial charge in [-0.05, 0) is 48.2 Å². The molecule has 0 saturated carbocycles. The van der Waals surface area contributed by atoms with Gasteiger partial charge in [0.05, 0.1) is 17.7 Å². The average Bonchev–Trinajstić information content (AvgIpc) is 3.23. The molecule has 0 atom stereocenters. The summed E-state index contributed by atoms with van der Waals surface area (Å²) in [6.45, 7) is 1.36. The molecule has 0 bridgehead atoms. The van der Waals surface area contributed by atoms with E-state index in [2.05, 4.69) is 21.8 Å². The first-order chi connectivity index (χ1) is 14.9. The van der Waals surface area contributed by atoms with E-state index in [1.165, 1.54) is 41.7 Å². The maximum atomic E-state index is 12.6. The molecule has 1 aromatic heterocycles. The standard InChI is InChI=1S/C22H23N3O4S2/c1-29-19-7-9-20(10-8-19)31(27,28)24-22-23-18(15-30-22)6-11-21(26)25-13-12-16-4-2-3-5-17(16)14-25/h2-5,7-10,15H,6,11-14H2,1H3,(H,23,24). The molecule has 7 nitrogen and oxygen atoms in total. The number of carbonyl (C=O) groups is 1. The number of aromatic nitrogens is 1. The fourth-order valence-electron chi connectivity index (χ4n) is 3.50. The Labute approximate surface area is 185 Å². The van der Waals surface area contributed by atoms with Crippen LogP contribution in [0.25, 0.3) is 0 Å². The smallest absolute Gasteiger partial charge is 0.263 e. The van der Waals surface area contributed by atoms with E-state index < -0.39 is 10.0 Å². The Balaban J connectivity index is 1.33. The van der Waals surface area contributed by atoms with Gasteiger partial charge >= 0.3 is 0 Å². The summed E-state index contributed by atoms with van der Waals surface area (Å²) in [5.41, 5.74) is 3.20. The summed E-state index contributed by atoms with van der Waals surface area (Å²) in [6, 6.07) is 14.3. The van der Waals surface area contributed by atoms with Crippen LogP contribution in [0.5, 0.6) is 5.75 Å². The van der Waals surface area contributed by atoms with Gasteiger partial charge in [0.25, 0.3) is 10.0 Å². The zero-order valence-electron chi connectivity index (χ0n) is 17.1. The summed E-state index contributed by atoms with van der Waals surface area (Å²) < 4.78 is 32.6. The molecule has 0 spiro atoms. The number of benzene rings is 2. The number of nitrogens with one attached hydrogen (secondary N) is 1. The molecule has 0 aliphatic carbocycles. The Morgan fingerprint density at radius 3 is 2.65 bits per heavy atom. The van der Waals surface area contributed by atoms with Gasteiger partial charge in [0, 0.05) is 24.9 Å². The van der Waals surface area contributed by atoms with Crippen molar-refractivity contribution in [2.45, 2.75) is 30.7 Å². The van der Waals surface area contributed by atoms with Crippen LogP contribution < -0.4 is 9.46 Å². The zero-order valence-corrected chi connectivity index (χ0v) is 18.7. The summed E-state index contributed by atoms with van der Waals surface area (Å²) in [6.07, 6.45) is 1.68. The predicted molar refractivity (Wildman–Crippen MR) is 120 cm³/mol. The monoisotopic (exact) mass is 457 g/mol. The van der Waals surface area contributed by atoms with Crippen molar-refractivity contribution in [2.75, 3.05) is 18.4 Å². The van der Waals surface area contributed by atoms with E-state index in [-0.39, 0.29) is 15.9 Å². The first-order valence-electron chi connectivity index (χ1n) is 9.90. The fourth-order valence-corrected chi connectivity index (χ4v) is 5.50. The van der Waals surface area contributed by atoms with Crippen LogP contribution in [-0.4, -0.2) is 37.9 Å². The highest BCUT2D eigenvalue weighted by Crippen LogP contribution is 2.23. The highest BCUT2D eigenvalue weighted by Gasteiger charge is 2.21. The lowest BCUT2D eigenvalue weighted by Gasteiger charge is -2.28. The van der Waals surface area contributed by atoms with Gasteiger partial charge in [-0.1, -0.05) is 24.3 Å². The van der Waals surface area contributed by atoms with E-state index in [0.717, 1.165) is 13.0 Å². The number of methoxy groups -OCH3 is 1. The summed E-state index contributed by atoms with van der Waals surface area (Å²) in [5, 5.41) is 2.06. The summed E-state index contributed by atoms with van der Waals surface area (Å²) >= 11 is 1.21. The van der Waals surface area contributed by atoms with Gasteiger partial charge in [-0.25, -0.2) is 13.4 Å². The maximum absolute atomic E-state index is 12.6. The van der Waals surface area contributed by atoms with Crippen molar-refractivity contribution in [3.05, 3.63) is 70.7 Å². The lowest BCUT2D eigenvalue weighted by atomic mass is 9.99. The van der Waals surface area contributed by atoms with Crippen LogP contribution >= 0.6 is 11.3 Å². The molecule has 0 unspecified atom stereocenters. The quantitative estimate of drug-likeness (QED) is 0.587. The molecule has 1 aliphatic heterocycles. The number of anilines is 1. The van der Waals surface area contributed by atoms with Crippen molar-refractivity contribution in [1.82, 2.24) is 9.88 Å². The molecule has 0 fully saturated rings. The molecule has 4 rings (SSSR count). The van der Waals surface area contributed by atoms with Crippen molar-refractivity contribution in [1.29, 1.82) is 0 Å². The molecular formula is C22H23N3O4S2. The van der Waals surface area contributed by atoms with Crippen LogP contribution in [0.4, 0.5) is 5.13 Å². The van der Waals surface area contributed by atoms with Gasteiger partial charge < -0.3 is 9.64 Å². The number of nitrogens with zero attached hydrogens (tertiary/aromatic N) is 2. The third-order valence-corrected chi connectivity index (χ3v) is 7.51. The Morgan fingerprint density at radius 1 is 1.16 bits per heavy atom. The lowest BCUT2D eigenvalue weighted by molar-refractivity contribution is -0.132. The minimum Gasteiger partial charge on any atom is -0.497 e. The van der Waals surface area contributed by atoms with Gasteiger partial charge in [-0.2, -0.15) is 0 Å². The number of fused-ring (bicyclic) bond motifs is 1. The third kappa shape index (κ3) is 5.05. The molecule has 1 aliphatic rings. The number of hydrogen-bond donors (Lipinski definition) is 1. The van der Waals surface area contributed by atoms with E-state index in [4.69, 9.17) is 4.74 Å². The molecule has 2 heterocycles. The normalized spacial score (nSPS) is 13.5. The number of aryl methyl sites for hydroxylation is 1. The third-order valence-electron chi connectivity index (χ3n) is 5.22. The number of thiazole rings is 1. The Kier molecular flexibility index (Phi) is 6.24. The molecule has 3 aromatic rings. The van der Waals surface area contributed by atoms with Crippen molar-refractivity contribution in [2.24, 2.45) is 0 Å². The molecule has 162 valence electrons. The molecule has 0 radical (unpaired) electrons. The zero-order chi connectivity index (χ0) is 21.8. The number of sulfonamides is 1. The second-order valence-corrected chi connectivity index (χ2v) is 9.80. The summed E-state index contributed by atoms with van der Waals surface area (Å²) in [5.74, 6) is 0.667. The predicted octanol–water partition coefficient (Wildman–Crippen LogP) is 3.47. The molecule has 0 saturated heterocycles. The van der Waals surface area contributed by atoms with Crippen molar-refractivity contribution >= 4 is 32.4 Å². The van der Waals surface area contributed by atoms with E-state index in [0.29, 0.717) is 30.8 Å². The minimum atomic E-state index is -3.73. The number of ether oxygens (including phenoxy) is 1. The molecule has 9 heteroatoms. The average molecular weight is 458 g/mol. The van der Waals surface area contributed by atoms with Crippen LogP contribution in [0.2, 0.25) is 0 Å². The number of hydrogen-bond acceptors (Lipinski definition) is 6.